The molecule has 0 bridgehead atoms. The van der Waals surface area contributed by atoms with Crippen molar-refractivity contribution < 1.29 is 22.8 Å². The predicted molar refractivity (Wildman–Crippen MR) is 115 cm³/mol. The highest BCUT2D eigenvalue weighted by Gasteiger charge is 2.30. The van der Waals surface area contributed by atoms with Gasteiger partial charge in [0, 0.05) is 22.5 Å². The van der Waals surface area contributed by atoms with Crippen LogP contribution >= 0.6 is 0 Å². The second kappa shape index (κ2) is 8.95. The van der Waals surface area contributed by atoms with Crippen molar-refractivity contribution in [2.75, 3.05) is 10.6 Å². The number of carbonyl (C=O) groups is 2. The van der Waals surface area contributed by atoms with Crippen LogP contribution in [-0.4, -0.2) is 26.6 Å². The third-order valence-electron chi connectivity index (χ3n) is 4.64. The van der Waals surface area contributed by atoms with Gasteiger partial charge in [0.1, 0.15) is 12.7 Å². The zero-order valence-electron chi connectivity index (χ0n) is 16.9. The molecule has 4 aromatic rings. The first-order chi connectivity index (χ1) is 15.8. The lowest BCUT2D eigenvalue weighted by Crippen LogP contribution is -2.15. The highest BCUT2D eigenvalue weighted by Crippen LogP contribution is 2.30. The third-order valence-corrected chi connectivity index (χ3v) is 4.64. The van der Waals surface area contributed by atoms with Crippen LogP contribution in [0.15, 0.2) is 85.5 Å². The maximum absolute atomic E-state index is 12.9. The van der Waals surface area contributed by atoms with Crippen LogP contribution in [0.2, 0.25) is 0 Å². The van der Waals surface area contributed by atoms with Gasteiger partial charge in [0.15, 0.2) is 0 Å². The van der Waals surface area contributed by atoms with Crippen LogP contribution in [0.3, 0.4) is 0 Å². The molecule has 166 valence electrons. The first-order valence-electron chi connectivity index (χ1n) is 9.65. The maximum atomic E-state index is 12.9. The molecule has 0 aliphatic rings. The summed E-state index contributed by atoms with van der Waals surface area (Å²) >= 11 is 0. The van der Waals surface area contributed by atoms with Gasteiger partial charge in [-0.3, -0.25) is 9.59 Å². The molecule has 0 atom stereocenters. The number of nitrogens with one attached hydrogen (secondary N) is 2. The van der Waals surface area contributed by atoms with Crippen molar-refractivity contribution >= 4 is 23.2 Å². The Labute approximate surface area is 185 Å². The zero-order chi connectivity index (χ0) is 23.4. The Balaban J connectivity index is 1.44. The molecule has 4 rings (SSSR count). The largest absolute Gasteiger partial charge is 0.416 e. The minimum absolute atomic E-state index is 0.0109. The molecule has 0 saturated heterocycles. The van der Waals surface area contributed by atoms with Crippen molar-refractivity contribution in [3.05, 3.63) is 102 Å². The van der Waals surface area contributed by atoms with E-state index < -0.39 is 23.6 Å². The molecule has 33 heavy (non-hydrogen) atoms. The fourth-order valence-electron chi connectivity index (χ4n) is 3.03. The van der Waals surface area contributed by atoms with E-state index in [1.807, 2.05) is 0 Å². The Bertz CT molecular complexity index is 1290. The Morgan fingerprint density at radius 3 is 2.06 bits per heavy atom. The average molecular weight is 451 g/mol. The molecule has 0 fully saturated rings. The molecule has 0 aliphatic carbocycles. The first-order valence-corrected chi connectivity index (χ1v) is 9.65. The Morgan fingerprint density at radius 2 is 1.42 bits per heavy atom. The molecule has 0 radical (unpaired) electrons. The van der Waals surface area contributed by atoms with E-state index in [9.17, 15) is 22.8 Å². The molecular formula is C23H16F3N5O2. The summed E-state index contributed by atoms with van der Waals surface area (Å²) in [5.41, 5.74) is 0.798. The van der Waals surface area contributed by atoms with Gasteiger partial charge in [0.05, 0.1) is 11.3 Å². The van der Waals surface area contributed by atoms with E-state index in [0.717, 1.165) is 17.8 Å². The van der Waals surface area contributed by atoms with Crippen LogP contribution < -0.4 is 10.6 Å². The SMILES string of the molecule is O=C(Nc1cccc(C(=O)Nc2cccc(C(F)(F)F)c2)c1)c1ccc(-n2cncn2)cc1. The van der Waals surface area contributed by atoms with E-state index in [-0.39, 0.29) is 11.3 Å². The van der Waals surface area contributed by atoms with Crippen LogP contribution in [-0.2, 0) is 6.18 Å². The molecule has 1 heterocycles. The Kier molecular flexibility index (Phi) is 5.90. The molecule has 3 aromatic carbocycles. The molecule has 7 nitrogen and oxygen atoms in total. The van der Waals surface area contributed by atoms with Crippen molar-refractivity contribution in [1.82, 2.24) is 14.8 Å². The fraction of sp³-hybridized carbons (Fsp3) is 0.0435. The van der Waals surface area contributed by atoms with Gasteiger partial charge in [-0.1, -0.05) is 12.1 Å². The summed E-state index contributed by atoms with van der Waals surface area (Å²) in [6.45, 7) is 0. The summed E-state index contributed by atoms with van der Waals surface area (Å²) in [5, 5.41) is 9.15. The smallest absolute Gasteiger partial charge is 0.322 e. The number of benzene rings is 3. The third kappa shape index (κ3) is 5.24. The number of hydrogen-bond donors (Lipinski definition) is 2. The van der Waals surface area contributed by atoms with E-state index in [2.05, 4.69) is 20.7 Å². The molecule has 1 aromatic heterocycles. The number of aromatic nitrogens is 3. The Morgan fingerprint density at radius 1 is 0.788 bits per heavy atom. The molecule has 0 spiro atoms. The van der Waals surface area contributed by atoms with Crippen molar-refractivity contribution in [2.45, 2.75) is 6.18 Å². The van der Waals surface area contributed by atoms with Gasteiger partial charge in [-0.25, -0.2) is 9.67 Å². The van der Waals surface area contributed by atoms with Crippen molar-refractivity contribution in [3.8, 4) is 5.69 Å². The molecule has 0 aliphatic heterocycles. The van der Waals surface area contributed by atoms with E-state index >= 15 is 0 Å². The number of anilines is 2. The summed E-state index contributed by atoms with van der Waals surface area (Å²) < 4.78 is 40.2. The van der Waals surface area contributed by atoms with Gasteiger partial charge >= 0.3 is 6.18 Å². The first kappa shape index (κ1) is 21.8. The number of amides is 2. The highest BCUT2D eigenvalue weighted by molar-refractivity contribution is 6.07. The molecule has 10 heteroatoms. The number of carbonyl (C=O) groups excluding carboxylic acids is 2. The van der Waals surface area contributed by atoms with Crippen LogP contribution in [0.5, 0.6) is 0 Å². The molecular weight excluding hydrogens is 435 g/mol. The van der Waals surface area contributed by atoms with Gasteiger partial charge in [0.2, 0.25) is 0 Å². The fourth-order valence-corrected chi connectivity index (χ4v) is 3.03. The number of rotatable bonds is 5. The lowest BCUT2D eigenvalue weighted by molar-refractivity contribution is -0.137. The minimum atomic E-state index is -4.52. The lowest BCUT2D eigenvalue weighted by atomic mass is 10.1. The van der Waals surface area contributed by atoms with Gasteiger partial charge in [-0.15, -0.1) is 0 Å². The van der Waals surface area contributed by atoms with E-state index in [4.69, 9.17) is 0 Å². The van der Waals surface area contributed by atoms with Gasteiger partial charge in [-0.2, -0.15) is 18.3 Å². The van der Waals surface area contributed by atoms with Gasteiger partial charge in [0.25, 0.3) is 11.8 Å². The molecule has 0 unspecified atom stereocenters. The summed E-state index contributed by atoms with van der Waals surface area (Å²) in [5.74, 6) is -1.00. The van der Waals surface area contributed by atoms with Crippen LogP contribution in [0.25, 0.3) is 5.69 Å². The topological polar surface area (TPSA) is 88.9 Å². The van der Waals surface area contributed by atoms with Gasteiger partial charge in [-0.05, 0) is 60.7 Å². The number of halogens is 3. The van der Waals surface area contributed by atoms with E-state index in [1.165, 1.54) is 36.9 Å². The summed E-state index contributed by atoms with van der Waals surface area (Å²) in [7, 11) is 0. The zero-order valence-corrected chi connectivity index (χ0v) is 16.9. The Hall–Kier alpha value is -4.47. The number of alkyl halides is 3. The normalized spacial score (nSPS) is 11.1. The number of hydrogen-bond acceptors (Lipinski definition) is 4. The summed E-state index contributed by atoms with van der Waals surface area (Å²) in [6.07, 6.45) is -1.58. The highest BCUT2D eigenvalue weighted by atomic mass is 19.4. The van der Waals surface area contributed by atoms with Gasteiger partial charge < -0.3 is 10.6 Å². The predicted octanol–water partition coefficient (Wildman–Crippen LogP) is 4.79. The van der Waals surface area contributed by atoms with Crippen molar-refractivity contribution in [3.63, 3.8) is 0 Å². The lowest BCUT2D eigenvalue weighted by Gasteiger charge is -2.11. The second-order valence-electron chi connectivity index (χ2n) is 6.95. The van der Waals surface area contributed by atoms with Crippen molar-refractivity contribution in [1.29, 1.82) is 0 Å². The number of nitrogens with zero attached hydrogens (tertiary/aromatic N) is 3. The monoisotopic (exact) mass is 451 g/mol. The van der Waals surface area contributed by atoms with Crippen LogP contribution in [0, 0.1) is 0 Å². The minimum Gasteiger partial charge on any atom is -0.322 e. The molecule has 0 saturated carbocycles. The van der Waals surface area contributed by atoms with E-state index in [0.29, 0.717) is 11.3 Å². The standard InChI is InChI=1S/C23H16F3N5O2/c24-23(25,26)17-4-2-6-19(12-17)30-22(33)16-3-1-5-18(11-16)29-21(32)15-7-9-20(10-8-15)31-14-27-13-28-31/h1-14H,(H,29,32)(H,30,33). The average Bonchev–Trinajstić information content (AvgIpc) is 3.34. The summed E-state index contributed by atoms with van der Waals surface area (Å²) in [6, 6.07) is 17.1. The van der Waals surface area contributed by atoms with E-state index in [1.54, 1.807) is 41.1 Å². The maximum Gasteiger partial charge on any atom is 0.416 e. The molecule has 2 N–H and O–H groups in total. The summed E-state index contributed by atoms with van der Waals surface area (Å²) in [4.78, 5) is 28.9. The van der Waals surface area contributed by atoms with Crippen molar-refractivity contribution in [2.24, 2.45) is 0 Å². The second-order valence-corrected chi connectivity index (χ2v) is 6.95. The quantitative estimate of drug-likeness (QED) is 0.457. The van der Waals surface area contributed by atoms with Crippen LogP contribution in [0.4, 0.5) is 24.5 Å². The van der Waals surface area contributed by atoms with Crippen LogP contribution in [0.1, 0.15) is 26.3 Å². The molecule has 2 amide bonds.